The third-order valence-corrected chi connectivity index (χ3v) is 7.27. The van der Waals surface area contributed by atoms with Crippen LogP contribution in [0.3, 0.4) is 0 Å². The fraction of sp³-hybridized carbons (Fsp3) is 0.429. The van der Waals surface area contributed by atoms with Crippen molar-refractivity contribution in [3.63, 3.8) is 0 Å². The van der Waals surface area contributed by atoms with E-state index in [4.69, 9.17) is 5.73 Å². The molecule has 10 nitrogen and oxygen atoms in total. The number of aromatic hydroxyl groups is 1. The number of hydrogen-bond donors (Lipinski definition) is 4. The van der Waals surface area contributed by atoms with Gasteiger partial charge in [0, 0.05) is 19.5 Å². The van der Waals surface area contributed by atoms with Crippen molar-refractivity contribution in [1.29, 1.82) is 0 Å². The molecule has 4 unspecified atom stereocenters. The Balaban J connectivity index is 1.52. The highest BCUT2D eigenvalue weighted by atomic mass is 16.4. The number of rotatable bonds is 9. The van der Waals surface area contributed by atoms with Crippen LogP contribution < -0.4 is 11.1 Å². The Kier molecular flexibility index (Phi) is 8.62. The van der Waals surface area contributed by atoms with Crippen LogP contribution in [0, 0.1) is 0 Å². The first-order chi connectivity index (χ1) is 18.2. The van der Waals surface area contributed by atoms with Crippen LogP contribution in [0.15, 0.2) is 54.6 Å². The third-order valence-electron chi connectivity index (χ3n) is 7.27. The van der Waals surface area contributed by atoms with E-state index in [-0.39, 0.29) is 18.1 Å². The van der Waals surface area contributed by atoms with Crippen LogP contribution in [0.4, 0.5) is 0 Å². The van der Waals surface area contributed by atoms with Crippen molar-refractivity contribution in [2.75, 3.05) is 13.1 Å². The number of carbonyl (C=O) groups excluding carboxylic acids is 3. The number of aliphatic carboxylic acids is 1. The summed E-state index contributed by atoms with van der Waals surface area (Å²) in [5.74, 6) is -2.24. The molecule has 4 rings (SSSR count). The second-order valence-electron chi connectivity index (χ2n) is 9.95. The average Bonchev–Trinajstić information content (AvgIpc) is 3.60. The molecule has 38 heavy (non-hydrogen) atoms. The molecule has 2 aliphatic heterocycles. The molecule has 2 heterocycles. The monoisotopic (exact) mass is 522 g/mol. The number of nitrogens with zero attached hydrogens (tertiary/aromatic N) is 2. The summed E-state index contributed by atoms with van der Waals surface area (Å²) >= 11 is 0. The molecular formula is C28H34N4O6. The molecule has 0 aromatic heterocycles. The second-order valence-corrected chi connectivity index (χ2v) is 9.95. The number of amides is 3. The lowest BCUT2D eigenvalue weighted by Gasteiger charge is -2.32. The highest BCUT2D eigenvalue weighted by Gasteiger charge is 2.43. The molecule has 2 aromatic carbocycles. The largest absolute Gasteiger partial charge is 0.508 e. The number of phenols is 1. The summed E-state index contributed by atoms with van der Waals surface area (Å²) in [6.07, 6.45) is 2.45. The minimum atomic E-state index is -1.04. The fourth-order valence-electron chi connectivity index (χ4n) is 5.27. The Hall–Kier alpha value is -3.92. The smallest absolute Gasteiger partial charge is 0.326 e. The van der Waals surface area contributed by atoms with Gasteiger partial charge in [-0.3, -0.25) is 14.4 Å². The molecule has 10 heteroatoms. The van der Waals surface area contributed by atoms with Crippen molar-refractivity contribution >= 4 is 23.7 Å². The molecular weight excluding hydrogens is 488 g/mol. The van der Waals surface area contributed by atoms with Gasteiger partial charge in [-0.05, 0) is 55.4 Å². The van der Waals surface area contributed by atoms with Crippen LogP contribution in [0.5, 0.6) is 5.75 Å². The van der Waals surface area contributed by atoms with E-state index in [1.54, 1.807) is 12.1 Å². The van der Waals surface area contributed by atoms with Gasteiger partial charge in [0.15, 0.2) is 0 Å². The number of hydrogen-bond acceptors (Lipinski definition) is 6. The molecule has 3 amide bonds. The van der Waals surface area contributed by atoms with E-state index in [2.05, 4.69) is 5.32 Å². The van der Waals surface area contributed by atoms with Crippen LogP contribution >= 0.6 is 0 Å². The Morgan fingerprint density at radius 3 is 2.13 bits per heavy atom. The fourth-order valence-corrected chi connectivity index (χ4v) is 5.27. The summed E-state index contributed by atoms with van der Waals surface area (Å²) in [5, 5.41) is 22.0. The van der Waals surface area contributed by atoms with E-state index in [0.717, 1.165) is 5.56 Å². The number of nitrogens with two attached hydrogens (primary N) is 1. The van der Waals surface area contributed by atoms with Gasteiger partial charge in [-0.1, -0.05) is 42.5 Å². The molecule has 2 fully saturated rings. The van der Waals surface area contributed by atoms with Gasteiger partial charge in [0.25, 0.3) is 0 Å². The van der Waals surface area contributed by atoms with E-state index in [1.165, 1.54) is 21.9 Å². The van der Waals surface area contributed by atoms with Crippen LogP contribution in [-0.4, -0.2) is 81.0 Å². The van der Waals surface area contributed by atoms with Gasteiger partial charge in [0.05, 0.1) is 6.04 Å². The molecule has 0 bridgehead atoms. The van der Waals surface area contributed by atoms with Gasteiger partial charge >= 0.3 is 5.97 Å². The molecule has 2 aromatic rings. The summed E-state index contributed by atoms with van der Waals surface area (Å²) in [4.78, 5) is 54.7. The van der Waals surface area contributed by atoms with Gasteiger partial charge in [-0.2, -0.15) is 0 Å². The molecule has 0 spiro atoms. The summed E-state index contributed by atoms with van der Waals surface area (Å²) in [5.41, 5.74) is 7.78. The summed E-state index contributed by atoms with van der Waals surface area (Å²) in [7, 11) is 0. The average molecular weight is 523 g/mol. The van der Waals surface area contributed by atoms with Crippen molar-refractivity contribution in [3.05, 3.63) is 65.7 Å². The summed E-state index contributed by atoms with van der Waals surface area (Å²) < 4.78 is 0. The number of nitrogens with one attached hydrogen (secondary N) is 1. The Morgan fingerprint density at radius 1 is 0.868 bits per heavy atom. The minimum absolute atomic E-state index is 0.0781. The van der Waals surface area contributed by atoms with Crippen LogP contribution in [-0.2, 0) is 32.0 Å². The number of benzene rings is 2. The number of likely N-dealkylation sites (tertiary alicyclic amines) is 2. The van der Waals surface area contributed by atoms with E-state index in [9.17, 15) is 29.4 Å². The first-order valence-electron chi connectivity index (χ1n) is 13.0. The van der Waals surface area contributed by atoms with Crippen molar-refractivity contribution in [1.82, 2.24) is 15.1 Å². The Bertz CT molecular complexity index is 1160. The lowest BCUT2D eigenvalue weighted by Crippen LogP contribution is -2.57. The van der Waals surface area contributed by atoms with Crippen molar-refractivity contribution in [2.45, 2.75) is 62.7 Å². The molecule has 0 radical (unpaired) electrons. The van der Waals surface area contributed by atoms with Crippen LogP contribution in [0.25, 0.3) is 0 Å². The predicted octanol–water partition coefficient (Wildman–Crippen LogP) is 1.06. The van der Waals surface area contributed by atoms with Crippen LogP contribution in [0.1, 0.15) is 36.8 Å². The van der Waals surface area contributed by atoms with E-state index >= 15 is 0 Å². The number of phenolic OH excluding ortho intramolecular Hbond substituents is 1. The zero-order valence-corrected chi connectivity index (χ0v) is 21.2. The van der Waals surface area contributed by atoms with Gasteiger partial charge in [0.2, 0.25) is 17.7 Å². The van der Waals surface area contributed by atoms with Gasteiger partial charge in [-0.15, -0.1) is 0 Å². The predicted molar refractivity (Wildman–Crippen MR) is 139 cm³/mol. The Morgan fingerprint density at radius 2 is 1.47 bits per heavy atom. The quantitative estimate of drug-likeness (QED) is 0.384. The van der Waals surface area contributed by atoms with Crippen LogP contribution in [0.2, 0.25) is 0 Å². The van der Waals surface area contributed by atoms with E-state index < -0.39 is 42.0 Å². The molecule has 2 aliphatic rings. The maximum atomic E-state index is 13.8. The number of carboxylic acids is 1. The van der Waals surface area contributed by atoms with Crippen molar-refractivity contribution in [3.8, 4) is 5.75 Å². The van der Waals surface area contributed by atoms with E-state index in [1.807, 2.05) is 30.3 Å². The summed E-state index contributed by atoms with van der Waals surface area (Å²) in [6.45, 7) is 0.676. The maximum absolute atomic E-state index is 13.8. The topological polar surface area (TPSA) is 153 Å². The molecule has 4 atom stereocenters. The van der Waals surface area contributed by atoms with Crippen molar-refractivity contribution in [2.24, 2.45) is 5.73 Å². The zero-order chi connectivity index (χ0) is 27.2. The zero-order valence-electron chi connectivity index (χ0n) is 21.2. The first-order valence-corrected chi connectivity index (χ1v) is 13.0. The lowest BCUT2D eigenvalue weighted by atomic mass is 10.0. The third kappa shape index (κ3) is 6.31. The molecule has 0 aliphatic carbocycles. The Labute approximate surface area is 221 Å². The second kappa shape index (κ2) is 12.1. The van der Waals surface area contributed by atoms with Gasteiger partial charge < -0.3 is 31.1 Å². The molecule has 202 valence electrons. The van der Waals surface area contributed by atoms with Gasteiger partial charge in [0.1, 0.15) is 23.9 Å². The SMILES string of the molecule is NC(Cc1ccccc1)C(=O)NC(Cc1ccc(O)cc1)C(=O)N1CCCC1C(=O)N1CCCC1C(=O)O. The summed E-state index contributed by atoms with van der Waals surface area (Å²) in [6, 6.07) is 12.1. The lowest BCUT2D eigenvalue weighted by molar-refractivity contribution is -0.152. The molecule has 0 saturated carbocycles. The molecule has 5 N–H and O–H groups in total. The van der Waals surface area contributed by atoms with Crippen molar-refractivity contribution < 1.29 is 29.4 Å². The minimum Gasteiger partial charge on any atom is -0.508 e. The standard InChI is InChI=1S/C28H34N4O6/c29-21(16-18-6-2-1-3-7-18)25(34)30-22(17-19-10-12-20(33)13-11-19)26(35)31-14-4-8-23(31)27(36)32-15-5-9-24(32)28(37)38/h1-3,6-7,10-13,21-24,33H,4-5,8-9,14-17,29H2,(H,30,34)(H,37,38). The highest BCUT2D eigenvalue weighted by molar-refractivity contribution is 5.95. The first kappa shape index (κ1) is 27.1. The number of carboxylic acid groups (broad SMARTS) is 1. The van der Waals surface area contributed by atoms with E-state index in [0.29, 0.717) is 50.8 Å². The normalized spacial score (nSPS) is 20.7. The number of carbonyl (C=O) groups is 4. The molecule has 2 saturated heterocycles. The van der Waals surface area contributed by atoms with Gasteiger partial charge in [-0.25, -0.2) is 4.79 Å². The highest BCUT2D eigenvalue weighted by Crippen LogP contribution is 2.26. The maximum Gasteiger partial charge on any atom is 0.326 e.